The molecule has 5 aliphatic rings. The van der Waals surface area contributed by atoms with E-state index in [1.165, 1.54) is 62.5 Å². The number of hydrogen-bond acceptors (Lipinski definition) is 2. The summed E-state index contributed by atoms with van der Waals surface area (Å²) in [5, 5.41) is 0. The third-order valence-corrected chi connectivity index (χ3v) is 7.85. The summed E-state index contributed by atoms with van der Waals surface area (Å²) >= 11 is 0. The van der Waals surface area contributed by atoms with Crippen LogP contribution in [0.5, 0.6) is 5.75 Å². The molecule has 0 aromatic heterocycles. The Bertz CT molecular complexity index is 657. The largest absolute Gasteiger partial charge is 0.465 e. The number of ether oxygens (including phenoxy) is 2. The van der Waals surface area contributed by atoms with E-state index in [4.69, 9.17) is 9.47 Å². The summed E-state index contributed by atoms with van der Waals surface area (Å²) in [6.45, 7) is 7.83. The molecule has 0 unspecified atom stereocenters. The molecule has 4 bridgehead atoms. The molecule has 4 saturated carbocycles. The molecule has 0 spiro atoms. The van der Waals surface area contributed by atoms with Gasteiger partial charge in [0.25, 0.3) is 0 Å². The minimum atomic E-state index is -0.0492. The Balaban J connectivity index is 1.54. The van der Waals surface area contributed by atoms with Gasteiger partial charge in [-0.2, -0.15) is 0 Å². The van der Waals surface area contributed by atoms with Crippen molar-refractivity contribution in [2.75, 3.05) is 6.61 Å². The van der Waals surface area contributed by atoms with E-state index in [-0.39, 0.29) is 11.7 Å². The van der Waals surface area contributed by atoms with E-state index in [9.17, 15) is 0 Å². The first-order valence-corrected chi connectivity index (χ1v) is 11.3. The first-order chi connectivity index (χ1) is 12.9. The minimum Gasteiger partial charge on any atom is -0.465 e. The van der Waals surface area contributed by atoms with Crippen LogP contribution in [0.3, 0.4) is 0 Å². The Kier molecular flexibility index (Phi) is 4.35. The van der Waals surface area contributed by atoms with Gasteiger partial charge in [-0.1, -0.05) is 32.9 Å². The number of rotatable bonds is 3. The molecule has 27 heavy (non-hydrogen) atoms. The van der Waals surface area contributed by atoms with Gasteiger partial charge in [-0.25, -0.2) is 0 Å². The zero-order valence-electron chi connectivity index (χ0n) is 17.4. The molecule has 0 N–H and O–H groups in total. The first kappa shape index (κ1) is 18.0. The minimum absolute atomic E-state index is 0.0492. The van der Waals surface area contributed by atoms with Crippen LogP contribution in [-0.4, -0.2) is 12.9 Å². The second kappa shape index (κ2) is 6.51. The van der Waals surface area contributed by atoms with Gasteiger partial charge in [0.15, 0.2) is 6.29 Å². The highest BCUT2D eigenvalue weighted by molar-refractivity contribution is 5.46. The van der Waals surface area contributed by atoms with Gasteiger partial charge < -0.3 is 9.47 Å². The molecule has 1 atom stereocenters. The molecule has 0 amide bonds. The quantitative estimate of drug-likeness (QED) is 0.618. The summed E-state index contributed by atoms with van der Waals surface area (Å²) in [6, 6.07) is 7.08. The summed E-state index contributed by atoms with van der Waals surface area (Å²) < 4.78 is 12.5. The second-order valence-corrected chi connectivity index (χ2v) is 11.1. The van der Waals surface area contributed by atoms with E-state index in [0.29, 0.717) is 5.41 Å². The van der Waals surface area contributed by atoms with Gasteiger partial charge in [0.1, 0.15) is 5.75 Å². The van der Waals surface area contributed by atoms with Crippen molar-refractivity contribution in [1.82, 2.24) is 0 Å². The van der Waals surface area contributed by atoms with Gasteiger partial charge in [0, 0.05) is 12.0 Å². The Labute approximate surface area is 165 Å². The lowest BCUT2D eigenvalue weighted by atomic mass is 9.48. The van der Waals surface area contributed by atoms with Gasteiger partial charge >= 0.3 is 0 Å². The van der Waals surface area contributed by atoms with Crippen LogP contribution in [0.2, 0.25) is 0 Å². The third kappa shape index (κ3) is 3.33. The lowest BCUT2D eigenvalue weighted by Gasteiger charge is -2.57. The lowest BCUT2D eigenvalue weighted by Crippen LogP contribution is -2.48. The molecule has 1 saturated heterocycles. The van der Waals surface area contributed by atoms with Crippen LogP contribution in [-0.2, 0) is 15.6 Å². The van der Waals surface area contributed by atoms with Crippen molar-refractivity contribution in [1.29, 1.82) is 0 Å². The molecule has 1 heterocycles. The molecule has 1 aliphatic heterocycles. The predicted molar refractivity (Wildman–Crippen MR) is 109 cm³/mol. The van der Waals surface area contributed by atoms with Gasteiger partial charge in [-0.3, -0.25) is 0 Å². The molecule has 1 aromatic rings. The third-order valence-electron chi connectivity index (χ3n) is 7.85. The van der Waals surface area contributed by atoms with Crippen molar-refractivity contribution in [2.24, 2.45) is 17.8 Å². The maximum Gasteiger partial charge on any atom is 0.199 e. The summed E-state index contributed by atoms with van der Waals surface area (Å²) in [6.07, 6.45) is 12.0. The maximum absolute atomic E-state index is 6.52. The Hall–Kier alpha value is -1.02. The maximum atomic E-state index is 6.52. The first-order valence-electron chi connectivity index (χ1n) is 11.3. The molecule has 5 fully saturated rings. The predicted octanol–water partition coefficient (Wildman–Crippen LogP) is 6.36. The molecule has 0 radical (unpaired) electrons. The molecule has 2 nitrogen and oxygen atoms in total. The highest BCUT2D eigenvalue weighted by Crippen LogP contribution is 2.62. The van der Waals surface area contributed by atoms with Crippen molar-refractivity contribution in [3.8, 4) is 5.75 Å². The van der Waals surface area contributed by atoms with Crippen LogP contribution in [0.1, 0.15) is 89.7 Å². The normalized spacial score (nSPS) is 38.2. The van der Waals surface area contributed by atoms with E-state index < -0.39 is 0 Å². The van der Waals surface area contributed by atoms with Crippen molar-refractivity contribution in [3.05, 3.63) is 29.3 Å². The average Bonchev–Trinajstić information content (AvgIpc) is 2.61. The van der Waals surface area contributed by atoms with Crippen molar-refractivity contribution in [2.45, 2.75) is 95.7 Å². The SMILES string of the molecule is CC(C)(C)c1ccc(O[C@H]2CCCCO2)c(C23CC4CC(CC(C4)C2)C3)c1. The van der Waals surface area contributed by atoms with Crippen LogP contribution < -0.4 is 4.74 Å². The summed E-state index contributed by atoms with van der Waals surface area (Å²) in [4.78, 5) is 0. The van der Waals surface area contributed by atoms with Gasteiger partial charge in [-0.05, 0) is 91.6 Å². The fraction of sp³-hybridized carbons (Fsp3) is 0.760. The zero-order valence-corrected chi connectivity index (χ0v) is 17.4. The van der Waals surface area contributed by atoms with E-state index in [1.807, 2.05) is 0 Å². The molecule has 2 heteroatoms. The van der Waals surface area contributed by atoms with Crippen LogP contribution in [0, 0.1) is 17.8 Å². The summed E-state index contributed by atoms with van der Waals surface area (Å²) in [7, 11) is 0. The monoisotopic (exact) mass is 368 g/mol. The standard InChI is InChI=1S/C25H36O2/c1-24(2,3)20-7-8-22(27-23-6-4-5-9-26-23)21(13-20)25-14-17-10-18(15-25)12-19(11-17)16-25/h7-8,13,17-19,23H,4-6,9-12,14-16H2,1-3H3/t17?,18?,19?,23-,25?/m0/s1. The van der Waals surface area contributed by atoms with Gasteiger partial charge in [0.05, 0.1) is 6.61 Å². The fourth-order valence-electron chi connectivity index (χ4n) is 6.90. The molecule has 4 aliphatic carbocycles. The lowest BCUT2D eigenvalue weighted by molar-refractivity contribution is -0.107. The smallest absolute Gasteiger partial charge is 0.199 e. The van der Waals surface area contributed by atoms with Crippen LogP contribution in [0.4, 0.5) is 0 Å². The molecule has 1 aromatic carbocycles. The summed E-state index contributed by atoms with van der Waals surface area (Å²) in [5.41, 5.74) is 3.50. The van der Waals surface area contributed by atoms with Crippen molar-refractivity contribution in [3.63, 3.8) is 0 Å². The van der Waals surface area contributed by atoms with Crippen LogP contribution in [0.25, 0.3) is 0 Å². The summed E-state index contributed by atoms with van der Waals surface area (Å²) in [5.74, 6) is 3.98. The molecule has 6 rings (SSSR count). The van der Waals surface area contributed by atoms with Gasteiger partial charge in [-0.15, -0.1) is 0 Å². The zero-order chi connectivity index (χ0) is 18.6. The fourth-order valence-corrected chi connectivity index (χ4v) is 6.90. The van der Waals surface area contributed by atoms with E-state index in [1.54, 1.807) is 0 Å². The van der Waals surface area contributed by atoms with E-state index >= 15 is 0 Å². The van der Waals surface area contributed by atoms with Crippen molar-refractivity contribution < 1.29 is 9.47 Å². The number of benzene rings is 1. The van der Waals surface area contributed by atoms with Crippen LogP contribution in [0.15, 0.2) is 18.2 Å². The second-order valence-electron chi connectivity index (χ2n) is 11.1. The number of hydrogen-bond donors (Lipinski definition) is 0. The van der Waals surface area contributed by atoms with E-state index in [0.717, 1.165) is 36.5 Å². The molecular formula is C25H36O2. The molecular weight excluding hydrogens is 332 g/mol. The average molecular weight is 369 g/mol. The topological polar surface area (TPSA) is 18.5 Å². The Morgan fingerprint density at radius 1 is 0.963 bits per heavy atom. The van der Waals surface area contributed by atoms with E-state index in [2.05, 4.69) is 39.0 Å². The van der Waals surface area contributed by atoms with Crippen LogP contribution >= 0.6 is 0 Å². The Morgan fingerprint density at radius 3 is 2.19 bits per heavy atom. The molecule has 148 valence electrons. The Morgan fingerprint density at radius 2 is 1.63 bits per heavy atom. The van der Waals surface area contributed by atoms with Crippen molar-refractivity contribution >= 4 is 0 Å². The highest BCUT2D eigenvalue weighted by atomic mass is 16.7. The van der Waals surface area contributed by atoms with Gasteiger partial charge in [0.2, 0.25) is 0 Å². The highest BCUT2D eigenvalue weighted by Gasteiger charge is 2.52.